The Labute approximate surface area is 254 Å². The molecule has 1 saturated carbocycles. The summed E-state index contributed by atoms with van der Waals surface area (Å²) in [4.78, 5) is 55.3. The van der Waals surface area contributed by atoms with Crippen molar-refractivity contribution in [2.75, 3.05) is 6.54 Å². The average Bonchev–Trinajstić information content (AvgIpc) is 3.45. The van der Waals surface area contributed by atoms with Crippen LogP contribution in [0, 0.1) is 18.8 Å². The van der Waals surface area contributed by atoms with Gasteiger partial charge in [0.15, 0.2) is 0 Å². The zero-order valence-corrected chi connectivity index (χ0v) is 26.5. The van der Waals surface area contributed by atoms with Gasteiger partial charge < -0.3 is 20.3 Å². The fourth-order valence-electron chi connectivity index (χ4n) is 5.77. The molecule has 4 rings (SSSR count). The van der Waals surface area contributed by atoms with E-state index in [-0.39, 0.29) is 29.1 Å². The molecule has 0 bridgehead atoms. The summed E-state index contributed by atoms with van der Waals surface area (Å²) < 4.78 is 33.7. The molecule has 12 heteroatoms. The standard InChI is InChI=1S/C31H44N4O7S/c1-20-13-15-23(16-14-20)43(40,41)34-28(38)31-18-22(31)11-9-7-6-8-10-12-24(32-29(39)42-30(3,4)5)27(37)35-19-21(2)17-25(35)26(36)33-31/h9,11,13-16,21-22,24-25H,6-8,10,12,17-19H2,1-5H3,(H,32,39)(H,33,36)(H,34,38)/b11-9-/t21-,22-,24+,25+,31-/m1/s1. The van der Waals surface area contributed by atoms with Crippen molar-refractivity contribution in [2.45, 2.75) is 108 Å². The van der Waals surface area contributed by atoms with Gasteiger partial charge in [0.05, 0.1) is 4.90 Å². The predicted octanol–water partition coefficient (Wildman–Crippen LogP) is 3.33. The number of sulfonamides is 1. The van der Waals surface area contributed by atoms with E-state index in [4.69, 9.17) is 4.74 Å². The molecule has 0 aromatic heterocycles. The Balaban J connectivity index is 1.58. The first-order chi connectivity index (χ1) is 20.1. The quantitative estimate of drug-likeness (QED) is 0.439. The van der Waals surface area contributed by atoms with Gasteiger partial charge >= 0.3 is 6.09 Å². The summed E-state index contributed by atoms with van der Waals surface area (Å²) in [5, 5.41) is 5.56. The van der Waals surface area contributed by atoms with E-state index in [9.17, 15) is 27.6 Å². The minimum atomic E-state index is -4.18. The van der Waals surface area contributed by atoms with Gasteiger partial charge in [-0.05, 0) is 77.8 Å². The van der Waals surface area contributed by atoms with Gasteiger partial charge in [-0.2, -0.15) is 0 Å². The Hall–Kier alpha value is -3.41. The van der Waals surface area contributed by atoms with Crippen LogP contribution in [0.4, 0.5) is 4.79 Å². The van der Waals surface area contributed by atoms with Crippen molar-refractivity contribution in [3.63, 3.8) is 0 Å². The first-order valence-corrected chi connectivity index (χ1v) is 16.5. The number of benzene rings is 1. The van der Waals surface area contributed by atoms with Crippen LogP contribution >= 0.6 is 0 Å². The third kappa shape index (κ3) is 7.95. The molecular formula is C31H44N4O7S. The lowest BCUT2D eigenvalue weighted by Gasteiger charge is -2.30. The van der Waals surface area contributed by atoms with Crippen molar-refractivity contribution < 1.29 is 32.3 Å². The lowest BCUT2D eigenvalue weighted by atomic mass is 10.0. The lowest BCUT2D eigenvalue weighted by Crippen LogP contribution is -2.58. The number of aryl methyl sites for hydroxylation is 1. The first-order valence-electron chi connectivity index (χ1n) is 15.0. The zero-order valence-electron chi connectivity index (χ0n) is 25.6. The predicted molar refractivity (Wildman–Crippen MR) is 160 cm³/mol. The summed E-state index contributed by atoms with van der Waals surface area (Å²) in [7, 11) is -4.18. The fourth-order valence-corrected chi connectivity index (χ4v) is 6.81. The van der Waals surface area contributed by atoms with E-state index in [1.165, 1.54) is 17.0 Å². The highest BCUT2D eigenvalue weighted by Crippen LogP contribution is 2.46. The van der Waals surface area contributed by atoms with Gasteiger partial charge in [0, 0.05) is 12.5 Å². The highest BCUT2D eigenvalue weighted by molar-refractivity contribution is 7.90. The summed E-state index contributed by atoms with van der Waals surface area (Å²) >= 11 is 0. The van der Waals surface area contributed by atoms with Crippen molar-refractivity contribution in [1.29, 1.82) is 0 Å². The average molecular weight is 617 g/mol. The Morgan fingerprint density at radius 3 is 2.47 bits per heavy atom. The van der Waals surface area contributed by atoms with Gasteiger partial charge in [-0.1, -0.05) is 49.6 Å². The fraction of sp³-hybridized carbons (Fsp3) is 0.613. The molecule has 1 aromatic rings. The lowest BCUT2D eigenvalue weighted by molar-refractivity contribution is -0.141. The van der Waals surface area contributed by atoms with Crippen molar-refractivity contribution >= 4 is 33.8 Å². The molecule has 1 saturated heterocycles. The Kier molecular flexibility index (Phi) is 9.58. The second-order valence-corrected chi connectivity index (χ2v) is 14.8. The van der Waals surface area contributed by atoms with Gasteiger partial charge in [0.25, 0.3) is 15.9 Å². The third-order valence-electron chi connectivity index (χ3n) is 8.14. The molecule has 43 heavy (non-hydrogen) atoms. The van der Waals surface area contributed by atoms with Crippen molar-refractivity contribution in [3.05, 3.63) is 42.0 Å². The summed E-state index contributed by atoms with van der Waals surface area (Å²) in [6.45, 7) is 9.29. The SMILES string of the molecule is Cc1ccc(S(=O)(=O)NC(=O)[C@@]23C[C@H]2/C=C\CCCCC[C@H](NC(=O)OC(C)(C)C)C(=O)N2C[C@H](C)C[C@H]2C(=O)N3)cc1. The maximum atomic E-state index is 13.8. The molecule has 1 aromatic carbocycles. The van der Waals surface area contributed by atoms with Crippen LogP contribution in [0.25, 0.3) is 0 Å². The zero-order chi connectivity index (χ0) is 31.6. The first kappa shape index (κ1) is 32.5. The van der Waals surface area contributed by atoms with Crippen molar-refractivity contribution in [1.82, 2.24) is 20.3 Å². The van der Waals surface area contributed by atoms with E-state index < -0.39 is 51.2 Å². The van der Waals surface area contributed by atoms with Crippen LogP contribution in [0.15, 0.2) is 41.3 Å². The number of alkyl carbamates (subject to hydrolysis) is 1. The number of nitrogens with one attached hydrogen (secondary N) is 3. The van der Waals surface area contributed by atoms with Crippen LogP contribution in [-0.2, 0) is 29.1 Å². The van der Waals surface area contributed by atoms with Crippen LogP contribution < -0.4 is 15.4 Å². The number of fused-ring (bicyclic) bond motifs is 2. The Morgan fingerprint density at radius 2 is 1.79 bits per heavy atom. The number of carbonyl (C=O) groups excluding carboxylic acids is 4. The number of rotatable bonds is 4. The molecular weight excluding hydrogens is 572 g/mol. The molecule has 2 fully saturated rings. The molecule has 236 valence electrons. The summed E-state index contributed by atoms with van der Waals surface area (Å²) in [6, 6.07) is 4.38. The van der Waals surface area contributed by atoms with E-state index in [1.54, 1.807) is 32.9 Å². The second kappa shape index (κ2) is 12.7. The number of allylic oxidation sites excluding steroid dienone is 1. The molecule has 5 atom stereocenters. The van der Waals surface area contributed by atoms with Crippen molar-refractivity contribution in [3.8, 4) is 0 Å². The minimum Gasteiger partial charge on any atom is -0.444 e. The molecule has 0 spiro atoms. The van der Waals surface area contributed by atoms with Crippen LogP contribution in [0.2, 0.25) is 0 Å². The molecule has 2 heterocycles. The van der Waals surface area contributed by atoms with Gasteiger partial charge in [-0.25, -0.2) is 17.9 Å². The largest absolute Gasteiger partial charge is 0.444 e. The van der Waals surface area contributed by atoms with Gasteiger partial charge in [-0.3, -0.25) is 14.4 Å². The van der Waals surface area contributed by atoms with Crippen LogP contribution in [0.3, 0.4) is 0 Å². The Morgan fingerprint density at radius 1 is 1.09 bits per heavy atom. The normalized spacial score (nSPS) is 29.2. The van der Waals surface area contributed by atoms with Crippen LogP contribution in [-0.4, -0.2) is 66.9 Å². The molecule has 0 radical (unpaired) electrons. The minimum absolute atomic E-state index is 0.00217. The van der Waals surface area contributed by atoms with Gasteiger partial charge in [0.2, 0.25) is 11.8 Å². The number of nitrogens with zero attached hydrogens (tertiary/aromatic N) is 1. The smallest absolute Gasteiger partial charge is 0.408 e. The number of amides is 4. The maximum Gasteiger partial charge on any atom is 0.408 e. The second-order valence-electron chi connectivity index (χ2n) is 13.1. The van der Waals surface area contributed by atoms with E-state index in [2.05, 4.69) is 15.4 Å². The molecule has 4 amide bonds. The summed E-state index contributed by atoms with van der Waals surface area (Å²) in [5.74, 6) is -2.10. The molecule has 2 aliphatic heterocycles. The summed E-state index contributed by atoms with van der Waals surface area (Å²) in [6.07, 6.45) is 7.16. The topological polar surface area (TPSA) is 151 Å². The van der Waals surface area contributed by atoms with Crippen molar-refractivity contribution in [2.24, 2.45) is 11.8 Å². The number of hydrogen-bond donors (Lipinski definition) is 3. The van der Waals surface area contributed by atoms with Gasteiger partial charge in [-0.15, -0.1) is 0 Å². The highest BCUT2D eigenvalue weighted by Gasteiger charge is 2.61. The molecule has 3 aliphatic rings. The molecule has 3 N–H and O–H groups in total. The number of hydrogen-bond acceptors (Lipinski definition) is 7. The monoisotopic (exact) mass is 616 g/mol. The third-order valence-corrected chi connectivity index (χ3v) is 9.49. The van der Waals surface area contributed by atoms with Gasteiger partial charge in [0.1, 0.15) is 23.2 Å². The Bertz CT molecular complexity index is 1370. The number of ether oxygens (including phenoxy) is 1. The van der Waals surface area contributed by atoms with E-state index in [0.29, 0.717) is 32.2 Å². The highest BCUT2D eigenvalue weighted by atomic mass is 32.2. The number of carbonyl (C=O) groups is 4. The van der Waals surface area contributed by atoms with E-state index in [0.717, 1.165) is 18.4 Å². The van der Waals surface area contributed by atoms with Crippen LogP contribution in [0.1, 0.15) is 78.2 Å². The molecule has 0 unspecified atom stereocenters. The van der Waals surface area contributed by atoms with E-state index in [1.807, 2.05) is 26.0 Å². The molecule has 11 nitrogen and oxygen atoms in total. The maximum absolute atomic E-state index is 13.8. The van der Waals surface area contributed by atoms with Crippen LogP contribution in [0.5, 0.6) is 0 Å². The van der Waals surface area contributed by atoms with E-state index >= 15 is 0 Å². The molecule has 1 aliphatic carbocycles. The summed E-state index contributed by atoms with van der Waals surface area (Å²) in [5.41, 5.74) is -1.33.